The zero-order valence-electron chi connectivity index (χ0n) is 14.4. The van der Waals surface area contributed by atoms with Crippen LogP contribution in [-0.4, -0.2) is 24.5 Å². The third-order valence-electron chi connectivity index (χ3n) is 6.67. The van der Waals surface area contributed by atoms with E-state index < -0.39 is 0 Å². The maximum Gasteiger partial charge on any atom is 0.338 e. The second-order valence-corrected chi connectivity index (χ2v) is 7.92. The van der Waals surface area contributed by atoms with Gasteiger partial charge in [0.05, 0.1) is 11.3 Å². The van der Waals surface area contributed by atoms with Crippen LogP contribution in [0.3, 0.4) is 0 Å². The van der Waals surface area contributed by atoms with Crippen LogP contribution in [0.5, 0.6) is 0 Å². The molecule has 2 aliphatic carbocycles. The fourth-order valence-electron chi connectivity index (χ4n) is 5.28. The van der Waals surface area contributed by atoms with Crippen molar-refractivity contribution in [3.8, 4) is 0 Å². The number of carbonyl (C=O) groups is 1. The molecule has 126 valence electrons. The topological polar surface area (TPSA) is 51.0 Å². The molecule has 0 N–H and O–H groups in total. The van der Waals surface area contributed by atoms with Gasteiger partial charge in [0.2, 0.25) is 0 Å². The van der Waals surface area contributed by atoms with E-state index in [0.29, 0.717) is 18.1 Å². The SMILES string of the molecule is C=C1CCC2[C@](C)(CCC3=NN=C[C@]32C)[C@@H]1/C=C/C1=CCOC1=O. The average molecular weight is 324 g/mol. The molecule has 4 aliphatic rings. The summed E-state index contributed by atoms with van der Waals surface area (Å²) in [5, 5.41) is 8.63. The standard InChI is InChI=1S/C20H24N2O2/c1-13-4-7-16-19(2,10-8-17-20(16,3)12-21-22-17)15(13)6-5-14-9-11-24-18(14)23/h5-6,9,12,15-16H,1,4,7-8,10-11H2,2-3H3/b6-5+/t15-,16?,19-,20+/m1/s1. The Balaban J connectivity index is 1.68. The van der Waals surface area contributed by atoms with Gasteiger partial charge < -0.3 is 4.74 Å². The van der Waals surface area contributed by atoms with Crippen molar-refractivity contribution in [3.63, 3.8) is 0 Å². The van der Waals surface area contributed by atoms with E-state index in [4.69, 9.17) is 4.74 Å². The number of fused-ring (bicyclic) bond motifs is 3. The third kappa shape index (κ3) is 2.08. The smallest absolute Gasteiger partial charge is 0.338 e. The van der Waals surface area contributed by atoms with Crippen molar-refractivity contribution < 1.29 is 9.53 Å². The van der Waals surface area contributed by atoms with Crippen LogP contribution in [0.4, 0.5) is 0 Å². The minimum atomic E-state index is -0.220. The lowest BCUT2D eigenvalue weighted by atomic mass is 9.47. The molecule has 4 atom stereocenters. The van der Waals surface area contributed by atoms with Crippen molar-refractivity contribution in [2.24, 2.45) is 32.9 Å². The van der Waals surface area contributed by atoms with E-state index in [-0.39, 0.29) is 22.7 Å². The van der Waals surface area contributed by atoms with Crippen LogP contribution < -0.4 is 0 Å². The van der Waals surface area contributed by atoms with Crippen molar-refractivity contribution in [2.75, 3.05) is 6.61 Å². The summed E-state index contributed by atoms with van der Waals surface area (Å²) in [6.07, 6.45) is 12.3. The molecule has 4 heteroatoms. The molecule has 0 aromatic heterocycles. The molecule has 4 rings (SSSR count). The van der Waals surface area contributed by atoms with Gasteiger partial charge in [0.25, 0.3) is 0 Å². The zero-order chi connectivity index (χ0) is 16.9. The lowest BCUT2D eigenvalue weighted by molar-refractivity contribution is -0.135. The number of cyclic esters (lactones) is 1. The number of esters is 1. The molecule has 0 aromatic rings. The molecule has 0 aromatic carbocycles. The summed E-state index contributed by atoms with van der Waals surface area (Å²) >= 11 is 0. The molecule has 0 radical (unpaired) electrons. The van der Waals surface area contributed by atoms with Crippen LogP contribution in [0.25, 0.3) is 0 Å². The van der Waals surface area contributed by atoms with Crippen molar-refractivity contribution in [1.82, 2.24) is 0 Å². The van der Waals surface area contributed by atoms with Crippen molar-refractivity contribution in [3.05, 3.63) is 36.0 Å². The number of hydrogen-bond donors (Lipinski definition) is 0. The van der Waals surface area contributed by atoms with Crippen LogP contribution >= 0.6 is 0 Å². The molecule has 0 saturated heterocycles. The Hall–Kier alpha value is -1.97. The number of ether oxygens (including phenoxy) is 1. The quantitative estimate of drug-likeness (QED) is 0.572. The van der Waals surface area contributed by atoms with Crippen LogP contribution in [0.1, 0.15) is 39.5 Å². The van der Waals surface area contributed by atoms with Gasteiger partial charge in [-0.05, 0) is 50.0 Å². The van der Waals surface area contributed by atoms with Gasteiger partial charge in [0.1, 0.15) is 6.61 Å². The predicted molar refractivity (Wildman–Crippen MR) is 94.9 cm³/mol. The Labute approximate surface area is 143 Å². The summed E-state index contributed by atoms with van der Waals surface area (Å²) in [6.45, 7) is 9.41. The number of nitrogens with zero attached hydrogens (tertiary/aromatic N) is 2. The molecule has 0 amide bonds. The Kier molecular flexibility index (Phi) is 3.41. The van der Waals surface area contributed by atoms with Crippen LogP contribution in [0.2, 0.25) is 0 Å². The molecule has 4 nitrogen and oxygen atoms in total. The van der Waals surface area contributed by atoms with Gasteiger partial charge in [0.15, 0.2) is 0 Å². The molecule has 1 unspecified atom stereocenters. The Bertz CT molecular complexity index is 730. The second-order valence-electron chi connectivity index (χ2n) is 7.92. The van der Waals surface area contributed by atoms with Gasteiger partial charge in [0, 0.05) is 17.5 Å². The van der Waals surface area contributed by atoms with Gasteiger partial charge in [-0.2, -0.15) is 10.2 Å². The Morgan fingerprint density at radius 2 is 2.21 bits per heavy atom. The lowest BCUT2D eigenvalue weighted by Gasteiger charge is -2.56. The van der Waals surface area contributed by atoms with Crippen LogP contribution in [0.15, 0.2) is 46.2 Å². The van der Waals surface area contributed by atoms with Crippen LogP contribution in [0, 0.1) is 22.7 Å². The largest absolute Gasteiger partial charge is 0.458 e. The molecule has 2 heterocycles. The second kappa shape index (κ2) is 5.27. The molecular formula is C20H24N2O2. The number of hydrogen-bond acceptors (Lipinski definition) is 4. The summed E-state index contributed by atoms with van der Waals surface area (Å²) < 4.78 is 5.00. The highest BCUT2D eigenvalue weighted by Crippen LogP contribution is 2.60. The molecular weight excluding hydrogens is 300 g/mol. The van der Waals surface area contributed by atoms with Gasteiger partial charge in [-0.15, -0.1) is 0 Å². The number of carbonyl (C=O) groups excluding carboxylic acids is 1. The molecule has 0 spiro atoms. The summed E-state index contributed by atoms with van der Waals surface area (Å²) in [7, 11) is 0. The van der Waals surface area contributed by atoms with Crippen molar-refractivity contribution >= 4 is 17.9 Å². The molecule has 2 fully saturated rings. The van der Waals surface area contributed by atoms with E-state index in [2.05, 4.69) is 42.9 Å². The Morgan fingerprint density at radius 3 is 2.96 bits per heavy atom. The van der Waals surface area contributed by atoms with E-state index in [1.54, 1.807) is 0 Å². The summed E-state index contributed by atoms with van der Waals surface area (Å²) in [6, 6.07) is 0. The summed E-state index contributed by atoms with van der Waals surface area (Å²) in [5.74, 6) is 0.564. The third-order valence-corrected chi connectivity index (χ3v) is 6.67. The Morgan fingerprint density at radius 1 is 1.38 bits per heavy atom. The minimum Gasteiger partial charge on any atom is -0.458 e. The molecule has 24 heavy (non-hydrogen) atoms. The fraction of sp³-hybridized carbons (Fsp3) is 0.550. The van der Waals surface area contributed by atoms with Gasteiger partial charge >= 0.3 is 5.97 Å². The maximum absolute atomic E-state index is 11.7. The first-order chi connectivity index (χ1) is 11.4. The average Bonchev–Trinajstić information content (AvgIpc) is 3.11. The van der Waals surface area contributed by atoms with Crippen molar-refractivity contribution in [1.29, 1.82) is 0 Å². The highest BCUT2D eigenvalue weighted by Gasteiger charge is 2.57. The summed E-state index contributed by atoms with van der Waals surface area (Å²) in [5.41, 5.74) is 3.28. The maximum atomic E-state index is 11.7. The molecule has 2 saturated carbocycles. The van der Waals surface area contributed by atoms with Gasteiger partial charge in [-0.3, -0.25) is 0 Å². The van der Waals surface area contributed by atoms with E-state index in [1.165, 1.54) is 11.3 Å². The lowest BCUT2D eigenvalue weighted by Crippen LogP contribution is -2.53. The number of allylic oxidation sites excluding steroid dienone is 2. The highest BCUT2D eigenvalue weighted by atomic mass is 16.5. The first kappa shape index (κ1) is 15.6. The van der Waals surface area contributed by atoms with Gasteiger partial charge in [-0.25, -0.2) is 4.79 Å². The van der Waals surface area contributed by atoms with E-state index >= 15 is 0 Å². The number of rotatable bonds is 2. The predicted octanol–water partition coefficient (Wildman–Crippen LogP) is 3.86. The summed E-state index contributed by atoms with van der Waals surface area (Å²) in [4.78, 5) is 11.7. The molecule has 0 bridgehead atoms. The van der Waals surface area contributed by atoms with Crippen molar-refractivity contribution in [2.45, 2.75) is 39.5 Å². The highest BCUT2D eigenvalue weighted by molar-refractivity contribution is 6.06. The first-order valence-corrected chi connectivity index (χ1v) is 8.80. The fourth-order valence-corrected chi connectivity index (χ4v) is 5.28. The van der Waals surface area contributed by atoms with E-state index in [0.717, 1.165) is 25.7 Å². The van der Waals surface area contributed by atoms with Gasteiger partial charge in [-0.1, -0.05) is 31.2 Å². The zero-order valence-corrected chi connectivity index (χ0v) is 14.4. The first-order valence-electron chi connectivity index (χ1n) is 8.80. The monoisotopic (exact) mass is 324 g/mol. The minimum absolute atomic E-state index is 0.0225. The van der Waals surface area contributed by atoms with E-state index in [9.17, 15) is 4.79 Å². The van der Waals surface area contributed by atoms with Crippen LogP contribution in [-0.2, 0) is 9.53 Å². The normalized spacial score (nSPS) is 41.1. The van der Waals surface area contributed by atoms with E-state index in [1.807, 2.05) is 12.2 Å². The molecule has 2 aliphatic heterocycles.